The van der Waals surface area contributed by atoms with Crippen molar-refractivity contribution in [3.63, 3.8) is 0 Å². The van der Waals surface area contributed by atoms with Crippen LogP contribution in [0.2, 0.25) is 0 Å². The van der Waals surface area contributed by atoms with E-state index < -0.39 is 0 Å². The van der Waals surface area contributed by atoms with Gasteiger partial charge in [-0.05, 0) is 44.8 Å². The molecule has 124 valence electrons. The van der Waals surface area contributed by atoms with Crippen LogP contribution in [-0.4, -0.2) is 45.0 Å². The molecule has 23 heavy (non-hydrogen) atoms. The highest BCUT2D eigenvalue weighted by Gasteiger charge is 2.11. The minimum atomic E-state index is -0.155. The topological polar surface area (TPSA) is 48.7 Å². The number of carbonyl (C=O) groups is 1. The highest BCUT2D eigenvalue weighted by molar-refractivity contribution is 5.91. The summed E-state index contributed by atoms with van der Waals surface area (Å²) in [5.74, 6) is 1.01. The largest absolute Gasteiger partial charge is 0.455 e. The number of furan rings is 1. The van der Waals surface area contributed by atoms with E-state index in [4.69, 9.17) is 4.42 Å². The van der Waals surface area contributed by atoms with Crippen molar-refractivity contribution >= 4 is 11.6 Å². The smallest absolute Gasteiger partial charge is 0.286 e. The van der Waals surface area contributed by atoms with E-state index >= 15 is 0 Å². The molecule has 0 saturated heterocycles. The molecule has 0 aliphatic rings. The van der Waals surface area contributed by atoms with Crippen molar-refractivity contribution in [3.05, 3.63) is 54.0 Å². The number of nitrogens with one attached hydrogen (secondary N) is 1. The second kappa shape index (κ2) is 8.39. The summed E-state index contributed by atoms with van der Waals surface area (Å²) in [5, 5.41) is 2.90. The first-order valence-electron chi connectivity index (χ1n) is 7.84. The summed E-state index contributed by atoms with van der Waals surface area (Å²) in [6.45, 7) is 2.20. The van der Waals surface area contributed by atoms with Gasteiger partial charge in [-0.1, -0.05) is 18.2 Å². The van der Waals surface area contributed by atoms with Crippen LogP contribution in [0.5, 0.6) is 0 Å². The molecule has 1 aromatic heterocycles. The number of nitrogens with zero attached hydrogens (tertiary/aromatic N) is 2. The van der Waals surface area contributed by atoms with Gasteiger partial charge in [0.2, 0.25) is 0 Å². The first-order chi connectivity index (χ1) is 11.1. The number of carbonyl (C=O) groups excluding carboxylic acids is 1. The first kappa shape index (κ1) is 17.1. The van der Waals surface area contributed by atoms with Gasteiger partial charge < -0.3 is 19.5 Å². The number of para-hydroxylation sites is 1. The molecule has 1 amide bonds. The maximum absolute atomic E-state index is 12.0. The molecule has 0 spiro atoms. The van der Waals surface area contributed by atoms with Crippen molar-refractivity contribution in [2.45, 2.75) is 13.0 Å². The third kappa shape index (κ3) is 5.45. The molecule has 2 aromatic rings. The third-order valence-electron chi connectivity index (χ3n) is 3.51. The molecule has 1 heterocycles. The minimum Gasteiger partial charge on any atom is -0.455 e. The fraction of sp³-hybridized carbons (Fsp3) is 0.389. The van der Waals surface area contributed by atoms with E-state index in [9.17, 15) is 4.79 Å². The fourth-order valence-electron chi connectivity index (χ4n) is 2.31. The molecule has 0 saturated carbocycles. The number of rotatable bonds is 8. The number of anilines is 1. The van der Waals surface area contributed by atoms with E-state index in [0.29, 0.717) is 18.8 Å². The lowest BCUT2D eigenvalue weighted by molar-refractivity contribution is 0.0922. The van der Waals surface area contributed by atoms with Crippen LogP contribution in [0.25, 0.3) is 0 Å². The predicted octanol–water partition coefficient (Wildman–Crippen LogP) is 2.60. The third-order valence-corrected chi connectivity index (χ3v) is 3.51. The summed E-state index contributed by atoms with van der Waals surface area (Å²) in [4.78, 5) is 16.2. The summed E-state index contributed by atoms with van der Waals surface area (Å²) in [5.41, 5.74) is 1.18. The quantitative estimate of drug-likeness (QED) is 0.761. The molecule has 0 aliphatic heterocycles. The second-order valence-corrected chi connectivity index (χ2v) is 5.87. The van der Waals surface area contributed by atoms with Crippen molar-refractivity contribution in [2.75, 3.05) is 39.1 Å². The van der Waals surface area contributed by atoms with Crippen molar-refractivity contribution in [2.24, 2.45) is 0 Å². The molecule has 2 rings (SSSR count). The fourth-order valence-corrected chi connectivity index (χ4v) is 2.31. The van der Waals surface area contributed by atoms with E-state index in [0.717, 1.165) is 18.7 Å². The number of benzene rings is 1. The molecule has 1 N–H and O–H groups in total. The van der Waals surface area contributed by atoms with E-state index in [2.05, 4.69) is 29.4 Å². The molecule has 5 heteroatoms. The van der Waals surface area contributed by atoms with Crippen LogP contribution in [0, 0.1) is 0 Å². The summed E-state index contributed by atoms with van der Waals surface area (Å²) in [6.07, 6.45) is 0.877. The highest BCUT2D eigenvalue weighted by atomic mass is 16.4. The zero-order valence-electron chi connectivity index (χ0n) is 14.1. The van der Waals surface area contributed by atoms with Gasteiger partial charge in [0.15, 0.2) is 5.76 Å². The maximum Gasteiger partial charge on any atom is 0.286 e. The Morgan fingerprint density at radius 3 is 2.52 bits per heavy atom. The zero-order chi connectivity index (χ0) is 16.7. The molecule has 0 unspecified atom stereocenters. The SMILES string of the molecule is CN(C)Cc1ccc(C(=O)NCCCN(C)c2ccccc2)o1. The van der Waals surface area contributed by atoms with Gasteiger partial charge in [-0.2, -0.15) is 0 Å². The van der Waals surface area contributed by atoms with E-state index in [-0.39, 0.29) is 5.91 Å². The molecule has 0 fully saturated rings. The van der Waals surface area contributed by atoms with Crippen molar-refractivity contribution in [3.8, 4) is 0 Å². The van der Waals surface area contributed by atoms with Gasteiger partial charge in [0.05, 0.1) is 6.54 Å². The summed E-state index contributed by atoms with van der Waals surface area (Å²) < 4.78 is 5.54. The Balaban J connectivity index is 1.71. The first-order valence-corrected chi connectivity index (χ1v) is 7.84. The zero-order valence-corrected chi connectivity index (χ0v) is 14.1. The molecule has 0 bridgehead atoms. The Bertz CT molecular complexity index is 608. The lowest BCUT2D eigenvalue weighted by Gasteiger charge is -2.19. The highest BCUT2D eigenvalue weighted by Crippen LogP contribution is 2.11. The van der Waals surface area contributed by atoms with Crippen LogP contribution in [-0.2, 0) is 6.54 Å². The molecule has 0 aliphatic carbocycles. The Morgan fingerprint density at radius 1 is 1.09 bits per heavy atom. The van der Waals surface area contributed by atoms with Crippen LogP contribution >= 0.6 is 0 Å². The summed E-state index contributed by atoms with van der Waals surface area (Å²) >= 11 is 0. The standard InChI is InChI=1S/C18H25N3O2/c1-20(2)14-16-10-11-17(23-16)18(22)19-12-7-13-21(3)15-8-5-4-6-9-15/h4-6,8-11H,7,12-14H2,1-3H3,(H,19,22). The Morgan fingerprint density at radius 2 is 1.83 bits per heavy atom. The maximum atomic E-state index is 12.0. The Kier molecular flexibility index (Phi) is 6.23. The minimum absolute atomic E-state index is 0.155. The Labute approximate surface area is 137 Å². The predicted molar refractivity (Wildman–Crippen MR) is 92.8 cm³/mol. The molecule has 5 nitrogen and oxygen atoms in total. The lowest BCUT2D eigenvalue weighted by Crippen LogP contribution is -2.27. The average Bonchev–Trinajstić information content (AvgIpc) is 2.99. The van der Waals surface area contributed by atoms with Crippen molar-refractivity contribution in [1.29, 1.82) is 0 Å². The lowest BCUT2D eigenvalue weighted by atomic mass is 10.3. The normalized spacial score (nSPS) is 10.8. The van der Waals surface area contributed by atoms with Crippen molar-refractivity contribution in [1.82, 2.24) is 10.2 Å². The van der Waals surface area contributed by atoms with Crippen LogP contribution in [0.15, 0.2) is 46.9 Å². The molecule has 0 atom stereocenters. The van der Waals surface area contributed by atoms with Gasteiger partial charge in [0, 0.05) is 25.8 Å². The number of hydrogen-bond donors (Lipinski definition) is 1. The monoisotopic (exact) mass is 315 g/mol. The van der Waals surface area contributed by atoms with E-state index in [1.54, 1.807) is 6.07 Å². The van der Waals surface area contributed by atoms with Crippen molar-refractivity contribution < 1.29 is 9.21 Å². The molecule has 0 radical (unpaired) electrons. The van der Waals surface area contributed by atoms with Gasteiger partial charge in [0.1, 0.15) is 5.76 Å². The van der Waals surface area contributed by atoms with E-state index in [1.807, 2.05) is 43.3 Å². The second-order valence-electron chi connectivity index (χ2n) is 5.87. The van der Waals surface area contributed by atoms with Crippen LogP contribution < -0.4 is 10.2 Å². The van der Waals surface area contributed by atoms with Crippen LogP contribution in [0.1, 0.15) is 22.7 Å². The molecule has 1 aromatic carbocycles. The van der Waals surface area contributed by atoms with Crippen LogP contribution in [0.4, 0.5) is 5.69 Å². The van der Waals surface area contributed by atoms with Gasteiger partial charge >= 0.3 is 0 Å². The molecular formula is C18H25N3O2. The van der Waals surface area contributed by atoms with Gasteiger partial charge in [-0.3, -0.25) is 4.79 Å². The number of amides is 1. The van der Waals surface area contributed by atoms with Gasteiger partial charge in [-0.15, -0.1) is 0 Å². The Hall–Kier alpha value is -2.27. The van der Waals surface area contributed by atoms with E-state index in [1.165, 1.54) is 5.69 Å². The van der Waals surface area contributed by atoms with Gasteiger partial charge in [0.25, 0.3) is 5.91 Å². The summed E-state index contributed by atoms with van der Waals surface area (Å²) in [7, 11) is 5.98. The number of hydrogen-bond acceptors (Lipinski definition) is 4. The van der Waals surface area contributed by atoms with Gasteiger partial charge in [-0.25, -0.2) is 0 Å². The molecular weight excluding hydrogens is 290 g/mol. The summed E-state index contributed by atoms with van der Waals surface area (Å²) in [6, 6.07) is 13.8. The van der Waals surface area contributed by atoms with Crippen LogP contribution in [0.3, 0.4) is 0 Å². The average molecular weight is 315 g/mol.